The van der Waals surface area contributed by atoms with Gasteiger partial charge in [0.15, 0.2) is 9.84 Å². The number of sulfone groups is 1. The molecule has 6 nitrogen and oxygen atoms in total. The Morgan fingerprint density at radius 3 is 2.81 bits per heavy atom. The first-order valence-corrected chi connectivity index (χ1v) is 9.46. The molecule has 0 aliphatic carbocycles. The molecule has 0 saturated carbocycles. The number of methoxy groups -OCH3 is 1. The van der Waals surface area contributed by atoms with E-state index in [1.54, 1.807) is 12.1 Å². The Hall–Kier alpha value is -1.41. The van der Waals surface area contributed by atoms with Crippen molar-refractivity contribution in [1.82, 2.24) is 4.90 Å². The van der Waals surface area contributed by atoms with Crippen LogP contribution in [-0.2, 0) is 9.84 Å². The van der Waals surface area contributed by atoms with Crippen LogP contribution >= 0.6 is 11.8 Å². The molecule has 0 spiro atoms. The van der Waals surface area contributed by atoms with Crippen LogP contribution in [0.3, 0.4) is 0 Å². The van der Waals surface area contributed by atoms with E-state index in [9.17, 15) is 13.2 Å². The van der Waals surface area contributed by atoms with Crippen LogP contribution in [0.4, 0.5) is 5.69 Å². The lowest BCUT2D eigenvalue weighted by Crippen LogP contribution is -2.50. The van der Waals surface area contributed by atoms with Crippen LogP contribution < -0.4 is 10.5 Å². The number of benzene rings is 1. The Morgan fingerprint density at radius 2 is 2.19 bits per heavy atom. The molecule has 0 bridgehead atoms. The first kappa shape index (κ1) is 16.0. The van der Waals surface area contributed by atoms with Crippen molar-refractivity contribution >= 4 is 33.2 Å². The van der Waals surface area contributed by atoms with Crippen LogP contribution in [0.15, 0.2) is 18.2 Å². The minimum Gasteiger partial charge on any atom is -0.496 e. The molecule has 1 aromatic carbocycles. The van der Waals surface area contributed by atoms with Crippen LogP contribution in [0.1, 0.15) is 10.4 Å². The third-order valence-corrected chi connectivity index (χ3v) is 5.94. The van der Waals surface area contributed by atoms with Gasteiger partial charge in [-0.1, -0.05) is 0 Å². The first-order valence-electron chi connectivity index (χ1n) is 6.35. The van der Waals surface area contributed by atoms with E-state index in [2.05, 4.69) is 0 Å². The van der Waals surface area contributed by atoms with E-state index < -0.39 is 15.2 Å². The summed E-state index contributed by atoms with van der Waals surface area (Å²) >= 11 is 1.53. The molecule has 1 unspecified atom stereocenters. The van der Waals surface area contributed by atoms with Crippen LogP contribution in [0.25, 0.3) is 0 Å². The van der Waals surface area contributed by atoms with E-state index in [-0.39, 0.29) is 11.5 Å². The number of amides is 1. The second-order valence-electron chi connectivity index (χ2n) is 4.82. The quantitative estimate of drug-likeness (QED) is 0.826. The van der Waals surface area contributed by atoms with Gasteiger partial charge in [0.1, 0.15) is 11.1 Å². The summed E-state index contributed by atoms with van der Waals surface area (Å²) in [6.45, 7) is 0.388. The summed E-state index contributed by atoms with van der Waals surface area (Å²) in [5.74, 6) is 1.12. The second kappa shape index (κ2) is 6.15. The third-order valence-electron chi connectivity index (χ3n) is 3.29. The van der Waals surface area contributed by atoms with Crippen molar-refractivity contribution < 1.29 is 17.9 Å². The molecule has 8 heteroatoms. The molecule has 2 N–H and O–H groups in total. The smallest absolute Gasteiger partial charge is 0.258 e. The minimum absolute atomic E-state index is 0.290. The highest BCUT2D eigenvalue weighted by Gasteiger charge is 2.35. The van der Waals surface area contributed by atoms with E-state index in [0.29, 0.717) is 29.5 Å². The van der Waals surface area contributed by atoms with Gasteiger partial charge in [-0.05, 0) is 18.2 Å². The summed E-state index contributed by atoms with van der Waals surface area (Å²) in [6, 6.07) is 4.76. The number of nitrogens with two attached hydrogens (primary N) is 1. The second-order valence-corrected chi connectivity index (χ2v) is 8.17. The standard InChI is InChI=1S/C13H18N2O4S2/c1-19-11-4-3-9(14)7-10(11)13(16)15-5-6-20-8-12(15)21(2,17)18/h3-4,7,12H,5-6,8,14H2,1-2H3. The van der Waals surface area contributed by atoms with E-state index >= 15 is 0 Å². The van der Waals surface area contributed by atoms with Gasteiger partial charge in [-0.25, -0.2) is 8.42 Å². The number of nitrogens with zero attached hydrogens (tertiary/aromatic N) is 1. The Labute approximate surface area is 128 Å². The SMILES string of the molecule is COc1ccc(N)cc1C(=O)N1CCSCC1S(C)(=O)=O. The van der Waals surface area contributed by atoms with Crippen molar-refractivity contribution in [3.8, 4) is 5.75 Å². The van der Waals surface area contributed by atoms with Gasteiger partial charge in [0, 0.05) is 30.0 Å². The zero-order chi connectivity index (χ0) is 15.6. The molecule has 1 aliphatic heterocycles. The number of hydrogen-bond donors (Lipinski definition) is 1. The van der Waals surface area contributed by atoms with Crippen molar-refractivity contribution in [3.05, 3.63) is 23.8 Å². The molecule has 1 aromatic rings. The summed E-state index contributed by atoms with van der Waals surface area (Å²) in [5.41, 5.74) is 6.44. The zero-order valence-electron chi connectivity index (χ0n) is 11.9. The van der Waals surface area contributed by atoms with Crippen molar-refractivity contribution in [1.29, 1.82) is 0 Å². The minimum atomic E-state index is -3.35. The van der Waals surface area contributed by atoms with Gasteiger partial charge in [-0.3, -0.25) is 4.79 Å². The maximum atomic E-state index is 12.7. The number of thioether (sulfide) groups is 1. The van der Waals surface area contributed by atoms with Gasteiger partial charge >= 0.3 is 0 Å². The van der Waals surface area contributed by atoms with Gasteiger partial charge in [0.25, 0.3) is 5.91 Å². The summed E-state index contributed by atoms with van der Waals surface area (Å²) in [5, 5.41) is -0.810. The lowest BCUT2D eigenvalue weighted by Gasteiger charge is -2.34. The van der Waals surface area contributed by atoms with E-state index in [4.69, 9.17) is 10.5 Å². The number of rotatable bonds is 3. The molecule has 1 heterocycles. The highest BCUT2D eigenvalue weighted by Crippen LogP contribution is 2.27. The molecule has 1 amide bonds. The molecule has 1 saturated heterocycles. The fourth-order valence-corrected chi connectivity index (χ4v) is 5.03. The Morgan fingerprint density at radius 1 is 1.48 bits per heavy atom. The molecule has 1 aliphatic rings. The number of ether oxygens (including phenoxy) is 1. The van der Waals surface area contributed by atoms with Gasteiger partial charge in [-0.2, -0.15) is 11.8 Å². The van der Waals surface area contributed by atoms with Crippen LogP contribution in [-0.4, -0.2) is 56.0 Å². The monoisotopic (exact) mass is 330 g/mol. The topological polar surface area (TPSA) is 89.7 Å². The summed E-state index contributed by atoms with van der Waals surface area (Å²) in [4.78, 5) is 14.1. The van der Waals surface area contributed by atoms with Gasteiger partial charge < -0.3 is 15.4 Å². The van der Waals surface area contributed by atoms with E-state index in [1.807, 2.05) is 0 Å². The highest BCUT2D eigenvalue weighted by atomic mass is 32.2. The molecule has 116 valence electrons. The van der Waals surface area contributed by atoms with Gasteiger partial charge in [0.2, 0.25) is 0 Å². The van der Waals surface area contributed by atoms with Crippen molar-refractivity contribution in [2.45, 2.75) is 5.37 Å². The summed E-state index contributed by atoms with van der Waals surface area (Å²) < 4.78 is 29.0. The first-order chi connectivity index (χ1) is 9.84. The maximum absolute atomic E-state index is 12.7. The van der Waals surface area contributed by atoms with Gasteiger partial charge in [0.05, 0.1) is 12.7 Å². The van der Waals surface area contributed by atoms with Crippen molar-refractivity contribution in [3.63, 3.8) is 0 Å². The van der Waals surface area contributed by atoms with Gasteiger partial charge in [-0.15, -0.1) is 0 Å². The molecule has 0 aromatic heterocycles. The lowest BCUT2D eigenvalue weighted by atomic mass is 10.1. The predicted octanol–water partition coefficient (Wildman–Crippen LogP) is 0.837. The van der Waals surface area contributed by atoms with E-state index in [1.165, 1.54) is 29.8 Å². The normalized spacial score (nSPS) is 19.3. The Balaban J connectivity index is 2.40. The number of hydrogen-bond acceptors (Lipinski definition) is 6. The molecule has 0 radical (unpaired) electrons. The Bertz CT molecular complexity index is 646. The fraction of sp³-hybridized carbons (Fsp3) is 0.462. The number of carbonyl (C=O) groups is 1. The molecule has 21 heavy (non-hydrogen) atoms. The number of carbonyl (C=O) groups excluding carboxylic acids is 1. The fourth-order valence-electron chi connectivity index (χ4n) is 2.22. The average molecular weight is 330 g/mol. The highest BCUT2D eigenvalue weighted by molar-refractivity contribution is 8.00. The largest absolute Gasteiger partial charge is 0.496 e. The molecule has 2 rings (SSSR count). The molecular formula is C13H18N2O4S2. The van der Waals surface area contributed by atoms with Crippen molar-refractivity contribution in [2.24, 2.45) is 0 Å². The van der Waals surface area contributed by atoms with Crippen molar-refractivity contribution in [2.75, 3.05) is 37.1 Å². The predicted molar refractivity (Wildman–Crippen MR) is 84.4 cm³/mol. The molecular weight excluding hydrogens is 312 g/mol. The molecule has 1 fully saturated rings. The zero-order valence-corrected chi connectivity index (χ0v) is 13.5. The third kappa shape index (κ3) is 3.44. The number of anilines is 1. The maximum Gasteiger partial charge on any atom is 0.258 e. The lowest BCUT2D eigenvalue weighted by molar-refractivity contribution is 0.0746. The average Bonchev–Trinajstić information content (AvgIpc) is 2.45. The van der Waals surface area contributed by atoms with Crippen LogP contribution in [0.2, 0.25) is 0 Å². The van der Waals surface area contributed by atoms with E-state index in [0.717, 1.165) is 6.26 Å². The molecule has 1 atom stereocenters. The summed E-state index contributed by atoms with van der Waals surface area (Å²) in [7, 11) is -1.88. The Kier molecular flexibility index (Phi) is 4.67. The summed E-state index contributed by atoms with van der Waals surface area (Å²) in [6.07, 6.45) is 1.15. The van der Waals surface area contributed by atoms with Crippen LogP contribution in [0.5, 0.6) is 5.75 Å². The number of nitrogen functional groups attached to an aromatic ring is 1. The van der Waals surface area contributed by atoms with Crippen LogP contribution in [0, 0.1) is 0 Å².